The number of benzene rings is 1. The van der Waals surface area contributed by atoms with E-state index in [2.05, 4.69) is 31.1 Å². The number of fused-ring (bicyclic) bond motifs is 1. The van der Waals surface area contributed by atoms with Gasteiger partial charge in [0.2, 0.25) is 5.91 Å². The SMILES string of the molecule is CC(C)(C)c1nc2ccc(NC(=O)C3CCC3C(=O)O)cc2s1. The smallest absolute Gasteiger partial charge is 0.307 e. The summed E-state index contributed by atoms with van der Waals surface area (Å²) in [7, 11) is 0. The lowest BCUT2D eigenvalue weighted by Gasteiger charge is -2.31. The summed E-state index contributed by atoms with van der Waals surface area (Å²) in [6, 6.07) is 5.63. The molecule has 2 N–H and O–H groups in total. The lowest BCUT2D eigenvalue weighted by molar-refractivity contribution is -0.151. The van der Waals surface area contributed by atoms with Gasteiger partial charge in [-0.2, -0.15) is 0 Å². The van der Waals surface area contributed by atoms with Gasteiger partial charge in [0.15, 0.2) is 0 Å². The lowest BCUT2D eigenvalue weighted by Crippen LogP contribution is -2.41. The van der Waals surface area contributed by atoms with Crippen molar-refractivity contribution < 1.29 is 14.7 Å². The first-order valence-electron chi connectivity index (χ1n) is 7.70. The van der Waals surface area contributed by atoms with Gasteiger partial charge in [0.1, 0.15) is 0 Å². The molecule has 0 bridgehead atoms. The quantitative estimate of drug-likeness (QED) is 0.899. The Kier molecular flexibility index (Phi) is 3.88. The van der Waals surface area contributed by atoms with E-state index in [4.69, 9.17) is 5.11 Å². The van der Waals surface area contributed by atoms with E-state index in [1.165, 1.54) is 0 Å². The first-order chi connectivity index (χ1) is 10.8. The lowest BCUT2D eigenvalue weighted by atomic mass is 9.73. The zero-order valence-corrected chi connectivity index (χ0v) is 14.2. The Morgan fingerprint density at radius 1 is 1.26 bits per heavy atom. The van der Waals surface area contributed by atoms with Crippen LogP contribution in [0.4, 0.5) is 5.69 Å². The van der Waals surface area contributed by atoms with Gasteiger partial charge in [0.25, 0.3) is 0 Å². The maximum absolute atomic E-state index is 12.2. The number of nitrogens with zero attached hydrogens (tertiary/aromatic N) is 1. The second kappa shape index (κ2) is 5.60. The van der Waals surface area contributed by atoms with Gasteiger partial charge in [0.05, 0.1) is 27.1 Å². The molecular weight excluding hydrogens is 312 g/mol. The van der Waals surface area contributed by atoms with Crippen molar-refractivity contribution in [2.75, 3.05) is 5.32 Å². The van der Waals surface area contributed by atoms with Gasteiger partial charge >= 0.3 is 5.97 Å². The van der Waals surface area contributed by atoms with Crippen molar-refractivity contribution in [2.45, 2.75) is 39.0 Å². The van der Waals surface area contributed by atoms with Crippen LogP contribution in [-0.4, -0.2) is 22.0 Å². The molecule has 1 fully saturated rings. The predicted molar refractivity (Wildman–Crippen MR) is 90.8 cm³/mol. The number of nitrogens with one attached hydrogen (secondary N) is 1. The normalized spacial score (nSPS) is 21.0. The van der Waals surface area contributed by atoms with Crippen LogP contribution in [0.3, 0.4) is 0 Å². The number of aliphatic carboxylic acids is 1. The predicted octanol–water partition coefficient (Wildman–Crippen LogP) is 3.64. The van der Waals surface area contributed by atoms with Crippen LogP contribution in [0.1, 0.15) is 38.6 Å². The van der Waals surface area contributed by atoms with Crippen LogP contribution in [-0.2, 0) is 15.0 Å². The second-order valence-corrected chi connectivity index (χ2v) is 8.10. The zero-order chi connectivity index (χ0) is 16.8. The minimum absolute atomic E-state index is 0.00621. The maximum Gasteiger partial charge on any atom is 0.307 e. The highest BCUT2D eigenvalue weighted by molar-refractivity contribution is 7.18. The number of rotatable bonds is 3. The van der Waals surface area contributed by atoms with E-state index in [-0.39, 0.29) is 11.3 Å². The molecule has 6 heteroatoms. The first kappa shape index (κ1) is 15.9. The van der Waals surface area contributed by atoms with E-state index in [0.717, 1.165) is 15.2 Å². The van der Waals surface area contributed by atoms with Crippen LogP contribution in [0.25, 0.3) is 10.2 Å². The molecule has 2 aromatic rings. The summed E-state index contributed by atoms with van der Waals surface area (Å²) in [5.74, 6) is -2.06. The highest BCUT2D eigenvalue weighted by Gasteiger charge is 2.41. The van der Waals surface area contributed by atoms with Crippen LogP contribution in [0.5, 0.6) is 0 Å². The third-order valence-electron chi connectivity index (χ3n) is 4.23. The molecule has 23 heavy (non-hydrogen) atoms. The van der Waals surface area contributed by atoms with Crippen LogP contribution < -0.4 is 5.32 Å². The van der Waals surface area contributed by atoms with Crippen molar-refractivity contribution in [2.24, 2.45) is 11.8 Å². The second-order valence-electron chi connectivity index (χ2n) is 7.07. The standard InChI is InChI=1S/C17H20N2O3S/c1-17(2,3)16-19-12-7-4-9(8-13(12)23-16)18-14(20)10-5-6-11(10)15(21)22/h4,7-8,10-11H,5-6H2,1-3H3,(H,18,20)(H,21,22). The molecule has 1 aromatic heterocycles. The van der Waals surface area contributed by atoms with Crippen LogP contribution in [0.2, 0.25) is 0 Å². The number of hydrogen-bond acceptors (Lipinski definition) is 4. The molecule has 0 spiro atoms. The molecule has 0 saturated heterocycles. The summed E-state index contributed by atoms with van der Waals surface area (Å²) >= 11 is 1.62. The van der Waals surface area contributed by atoms with Gasteiger partial charge < -0.3 is 10.4 Å². The summed E-state index contributed by atoms with van der Waals surface area (Å²) < 4.78 is 1.02. The Morgan fingerprint density at radius 2 is 1.96 bits per heavy atom. The average molecular weight is 332 g/mol. The van der Waals surface area contributed by atoms with Crippen molar-refractivity contribution in [3.05, 3.63) is 23.2 Å². The number of carboxylic acid groups (broad SMARTS) is 1. The van der Waals surface area contributed by atoms with Gasteiger partial charge in [0, 0.05) is 11.1 Å². The van der Waals surface area contributed by atoms with E-state index in [1.807, 2.05) is 18.2 Å². The summed E-state index contributed by atoms with van der Waals surface area (Å²) in [6.07, 6.45) is 1.22. The van der Waals surface area contributed by atoms with Crippen LogP contribution in [0.15, 0.2) is 18.2 Å². The van der Waals surface area contributed by atoms with E-state index >= 15 is 0 Å². The van der Waals surface area contributed by atoms with E-state index in [0.29, 0.717) is 18.5 Å². The molecule has 1 saturated carbocycles. The largest absolute Gasteiger partial charge is 0.481 e. The molecule has 5 nitrogen and oxygen atoms in total. The van der Waals surface area contributed by atoms with Crippen LogP contribution >= 0.6 is 11.3 Å². The average Bonchev–Trinajstić information content (AvgIpc) is 2.79. The summed E-state index contributed by atoms with van der Waals surface area (Å²) in [5.41, 5.74) is 1.61. The molecule has 2 unspecified atom stereocenters. The minimum Gasteiger partial charge on any atom is -0.481 e. The zero-order valence-electron chi connectivity index (χ0n) is 13.4. The van der Waals surface area contributed by atoms with Gasteiger partial charge in [-0.15, -0.1) is 11.3 Å². The third kappa shape index (κ3) is 3.08. The number of carboxylic acids is 1. The molecule has 1 aliphatic carbocycles. The molecule has 1 aromatic carbocycles. The Balaban J connectivity index is 1.78. The molecule has 3 rings (SSSR count). The third-order valence-corrected chi connectivity index (χ3v) is 5.67. The maximum atomic E-state index is 12.2. The molecule has 2 atom stereocenters. The minimum atomic E-state index is -0.885. The van der Waals surface area contributed by atoms with Crippen LogP contribution in [0, 0.1) is 11.8 Å². The molecule has 1 aliphatic rings. The molecular formula is C17H20N2O3S. The van der Waals surface area contributed by atoms with Gasteiger partial charge in [-0.1, -0.05) is 20.8 Å². The Labute approximate surface area is 138 Å². The molecule has 1 heterocycles. The number of anilines is 1. The number of amides is 1. The van der Waals surface area contributed by atoms with Crippen molar-refractivity contribution in [1.82, 2.24) is 4.98 Å². The van der Waals surface area contributed by atoms with E-state index < -0.39 is 17.8 Å². The Morgan fingerprint density at radius 3 is 2.52 bits per heavy atom. The highest BCUT2D eigenvalue weighted by atomic mass is 32.1. The van der Waals surface area contributed by atoms with Gasteiger partial charge in [-0.25, -0.2) is 4.98 Å². The van der Waals surface area contributed by atoms with E-state index in [1.54, 1.807) is 11.3 Å². The Bertz CT molecular complexity index is 776. The fourth-order valence-corrected chi connectivity index (χ4v) is 3.73. The summed E-state index contributed by atoms with van der Waals surface area (Å²) in [4.78, 5) is 27.9. The molecule has 122 valence electrons. The molecule has 0 radical (unpaired) electrons. The number of hydrogen-bond donors (Lipinski definition) is 2. The number of carbonyl (C=O) groups excluding carboxylic acids is 1. The number of thiazole rings is 1. The van der Waals surface area contributed by atoms with E-state index in [9.17, 15) is 9.59 Å². The fraction of sp³-hybridized carbons (Fsp3) is 0.471. The molecule has 0 aliphatic heterocycles. The summed E-state index contributed by atoms with van der Waals surface area (Å²) in [6.45, 7) is 6.36. The van der Waals surface area contributed by atoms with Crippen molar-refractivity contribution in [3.8, 4) is 0 Å². The van der Waals surface area contributed by atoms with Crippen molar-refractivity contribution in [1.29, 1.82) is 0 Å². The first-order valence-corrected chi connectivity index (χ1v) is 8.52. The molecule has 1 amide bonds. The Hall–Kier alpha value is -1.95. The van der Waals surface area contributed by atoms with Crippen molar-refractivity contribution >= 4 is 39.1 Å². The van der Waals surface area contributed by atoms with Gasteiger partial charge in [-0.05, 0) is 31.0 Å². The van der Waals surface area contributed by atoms with Gasteiger partial charge in [-0.3, -0.25) is 9.59 Å². The number of carbonyl (C=O) groups is 2. The highest BCUT2D eigenvalue weighted by Crippen LogP contribution is 2.36. The van der Waals surface area contributed by atoms with Crippen molar-refractivity contribution in [3.63, 3.8) is 0 Å². The topological polar surface area (TPSA) is 79.3 Å². The summed E-state index contributed by atoms with van der Waals surface area (Å²) in [5, 5.41) is 13.0. The monoisotopic (exact) mass is 332 g/mol. The number of aromatic nitrogens is 1. The fourth-order valence-electron chi connectivity index (χ4n) is 2.67.